The molecule has 1 fully saturated rings. The van der Waals surface area contributed by atoms with Crippen molar-refractivity contribution in [3.63, 3.8) is 0 Å². The van der Waals surface area contributed by atoms with Crippen LogP contribution in [0, 0.1) is 5.82 Å². The van der Waals surface area contributed by atoms with E-state index in [-0.39, 0.29) is 18.3 Å². The molecule has 25 heavy (non-hydrogen) atoms. The van der Waals surface area contributed by atoms with Crippen molar-refractivity contribution in [1.29, 1.82) is 0 Å². The van der Waals surface area contributed by atoms with Gasteiger partial charge in [-0.25, -0.2) is 4.39 Å². The molecule has 3 aromatic rings. The molecular weight excluding hydrogens is 321 g/mol. The molecule has 1 amide bonds. The molecule has 0 spiro atoms. The third-order valence-electron chi connectivity index (χ3n) is 4.69. The van der Waals surface area contributed by atoms with Crippen molar-refractivity contribution in [3.05, 3.63) is 71.9 Å². The third kappa shape index (κ3) is 2.74. The lowest BCUT2D eigenvalue weighted by Crippen LogP contribution is -2.34. The third-order valence-corrected chi connectivity index (χ3v) is 4.69. The van der Waals surface area contributed by atoms with Gasteiger partial charge in [0.2, 0.25) is 0 Å². The van der Waals surface area contributed by atoms with Crippen molar-refractivity contribution in [2.75, 3.05) is 13.1 Å². The Bertz CT molecular complexity index is 940. The van der Waals surface area contributed by atoms with E-state index in [0.717, 1.165) is 0 Å². The van der Waals surface area contributed by atoms with E-state index >= 15 is 0 Å². The summed E-state index contributed by atoms with van der Waals surface area (Å²) in [6.07, 6.45) is 5.26. The van der Waals surface area contributed by atoms with E-state index in [2.05, 4.69) is 9.97 Å². The normalized spacial score (nSPS) is 20.2. The average molecular weight is 337 g/mol. The number of nitrogens with zero attached hydrogens (tertiary/aromatic N) is 3. The molecule has 6 heteroatoms. The molecule has 2 aromatic heterocycles. The van der Waals surface area contributed by atoms with Crippen molar-refractivity contribution >= 4 is 16.8 Å². The van der Waals surface area contributed by atoms with E-state index in [1.165, 1.54) is 12.1 Å². The molecule has 0 bridgehead atoms. The lowest BCUT2D eigenvalue weighted by atomic mass is 9.93. The molecule has 1 aromatic carbocycles. The fourth-order valence-electron chi connectivity index (χ4n) is 3.31. The number of likely N-dealkylation sites (tertiary alicyclic amines) is 1. The first-order chi connectivity index (χ1) is 12.1. The molecule has 1 saturated heterocycles. The Hall–Kier alpha value is -2.86. The van der Waals surface area contributed by atoms with Crippen LogP contribution in [0.3, 0.4) is 0 Å². The van der Waals surface area contributed by atoms with E-state index in [1.54, 1.807) is 47.8 Å². The molecule has 126 valence electrons. The maximum absolute atomic E-state index is 13.1. The summed E-state index contributed by atoms with van der Waals surface area (Å²) in [7, 11) is 0. The van der Waals surface area contributed by atoms with Crippen molar-refractivity contribution in [2.24, 2.45) is 0 Å². The summed E-state index contributed by atoms with van der Waals surface area (Å²) in [5.74, 6) is -0.521. The van der Waals surface area contributed by atoms with E-state index in [9.17, 15) is 14.3 Å². The number of aliphatic hydroxyl groups is 1. The van der Waals surface area contributed by atoms with E-state index in [0.29, 0.717) is 35.0 Å². The number of fused-ring (bicyclic) bond motifs is 1. The lowest BCUT2D eigenvalue weighted by Gasteiger charge is -2.24. The van der Waals surface area contributed by atoms with Crippen molar-refractivity contribution in [1.82, 2.24) is 14.9 Å². The summed E-state index contributed by atoms with van der Waals surface area (Å²) in [5, 5.41) is 11.6. The number of carbonyl (C=O) groups excluding carboxylic acids is 1. The van der Waals surface area contributed by atoms with Crippen molar-refractivity contribution < 1.29 is 14.3 Å². The van der Waals surface area contributed by atoms with E-state index in [4.69, 9.17) is 0 Å². The number of aromatic nitrogens is 2. The highest BCUT2D eigenvalue weighted by molar-refractivity contribution is 6.05. The fraction of sp³-hybridized carbons (Fsp3) is 0.211. The molecule has 1 N–H and O–H groups in total. The van der Waals surface area contributed by atoms with Crippen LogP contribution in [-0.4, -0.2) is 39.0 Å². The van der Waals surface area contributed by atoms with Gasteiger partial charge in [0.15, 0.2) is 0 Å². The van der Waals surface area contributed by atoms with Crippen LogP contribution in [-0.2, 0) is 5.60 Å². The molecular formula is C19H16FN3O2. The maximum Gasteiger partial charge on any atom is 0.254 e. The van der Waals surface area contributed by atoms with Crippen LogP contribution < -0.4 is 0 Å². The minimum Gasteiger partial charge on any atom is -0.383 e. The van der Waals surface area contributed by atoms with Crippen LogP contribution in [0.25, 0.3) is 10.9 Å². The number of hydrogen-bond donors (Lipinski definition) is 1. The Kier molecular flexibility index (Phi) is 3.69. The van der Waals surface area contributed by atoms with Gasteiger partial charge in [0.05, 0.1) is 17.6 Å². The van der Waals surface area contributed by atoms with Gasteiger partial charge in [-0.1, -0.05) is 12.1 Å². The monoisotopic (exact) mass is 337 g/mol. The van der Waals surface area contributed by atoms with Gasteiger partial charge in [0, 0.05) is 30.5 Å². The highest BCUT2D eigenvalue weighted by Crippen LogP contribution is 2.33. The SMILES string of the molecule is O=C(c1ccnc2ccncc12)N1CCC(O)(c2ccc(F)cc2)C1. The van der Waals surface area contributed by atoms with Gasteiger partial charge in [0.1, 0.15) is 11.4 Å². The topological polar surface area (TPSA) is 66.3 Å². The number of amides is 1. The smallest absolute Gasteiger partial charge is 0.254 e. The number of benzene rings is 1. The zero-order valence-corrected chi connectivity index (χ0v) is 13.4. The quantitative estimate of drug-likeness (QED) is 0.780. The number of hydrogen-bond acceptors (Lipinski definition) is 4. The van der Waals surface area contributed by atoms with Crippen molar-refractivity contribution in [2.45, 2.75) is 12.0 Å². The average Bonchev–Trinajstić information content (AvgIpc) is 3.04. The van der Waals surface area contributed by atoms with E-state index in [1.807, 2.05) is 0 Å². The van der Waals surface area contributed by atoms with Gasteiger partial charge in [-0.2, -0.15) is 0 Å². The van der Waals surface area contributed by atoms with Crippen LogP contribution in [0.5, 0.6) is 0 Å². The predicted molar refractivity (Wildman–Crippen MR) is 90.4 cm³/mol. The summed E-state index contributed by atoms with van der Waals surface area (Å²) < 4.78 is 13.1. The molecule has 3 heterocycles. The first-order valence-electron chi connectivity index (χ1n) is 8.03. The van der Waals surface area contributed by atoms with Gasteiger partial charge in [-0.15, -0.1) is 0 Å². The minimum atomic E-state index is -1.16. The highest BCUT2D eigenvalue weighted by atomic mass is 19.1. The Balaban J connectivity index is 1.63. The number of pyridine rings is 2. The molecule has 1 atom stereocenters. The zero-order valence-electron chi connectivity index (χ0n) is 13.4. The van der Waals surface area contributed by atoms with Crippen LogP contribution in [0.1, 0.15) is 22.3 Å². The summed E-state index contributed by atoms with van der Waals surface area (Å²) in [6.45, 7) is 0.596. The molecule has 0 saturated carbocycles. The Morgan fingerprint density at radius 3 is 2.76 bits per heavy atom. The molecule has 1 aliphatic rings. The minimum absolute atomic E-state index is 0.168. The van der Waals surface area contributed by atoms with Gasteiger partial charge in [0.25, 0.3) is 5.91 Å². The van der Waals surface area contributed by atoms with Gasteiger partial charge in [-0.3, -0.25) is 14.8 Å². The molecule has 1 unspecified atom stereocenters. The second kappa shape index (κ2) is 5.89. The van der Waals surface area contributed by atoms with Crippen LogP contribution >= 0.6 is 0 Å². The number of rotatable bonds is 2. The number of carbonyl (C=O) groups is 1. The first-order valence-corrected chi connectivity index (χ1v) is 8.03. The van der Waals surface area contributed by atoms with Crippen molar-refractivity contribution in [3.8, 4) is 0 Å². The molecule has 4 rings (SSSR count). The van der Waals surface area contributed by atoms with Gasteiger partial charge < -0.3 is 10.0 Å². The van der Waals surface area contributed by atoms with E-state index < -0.39 is 5.60 Å². The molecule has 5 nitrogen and oxygen atoms in total. The molecule has 0 aliphatic carbocycles. The van der Waals surface area contributed by atoms with Crippen LogP contribution in [0.2, 0.25) is 0 Å². The zero-order chi connectivity index (χ0) is 17.4. The Morgan fingerprint density at radius 1 is 1.16 bits per heavy atom. The molecule has 0 radical (unpaired) electrons. The number of halogens is 1. The summed E-state index contributed by atoms with van der Waals surface area (Å²) in [6, 6.07) is 9.19. The second-order valence-corrected chi connectivity index (χ2v) is 6.27. The Labute approximate surface area is 143 Å². The summed E-state index contributed by atoms with van der Waals surface area (Å²) in [4.78, 5) is 22.9. The van der Waals surface area contributed by atoms with Crippen LogP contribution in [0.4, 0.5) is 4.39 Å². The lowest BCUT2D eigenvalue weighted by molar-refractivity contribution is 0.0417. The standard InChI is InChI=1S/C19H16FN3O2/c20-14-3-1-13(2-4-14)19(25)7-10-23(12-19)18(24)15-5-9-22-17-6-8-21-11-16(15)17/h1-6,8-9,11,25H,7,10,12H2. The van der Waals surface area contributed by atoms with Crippen LogP contribution in [0.15, 0.2) is 55.0 Å². The maximum atomic E-state index is 13.1. The Morgan fingerprint density at radius 2 is 1.96 bits per heavy atom. The van der Waals surface area contributed by atoms with Gasteiger partial charge in [-0.05, 0) is 36.2 Å². The summed E-state index contributed by atoms with van der Waals surface area (Å²) >= 11 is 0. The predicted octanol–water partition coefficient (Wildman–Crippen LogP) is 2.50. The summed E-state index contributed by atoms with van der Waals surface area (Å²) in [5.41, 5.74) is 0.672. The fourth-order valence-corrected chi connectivity index (χ4v) is 3.31. The molecule has 1 aliphatic heterocycles. The van der Waals surface area contributed by atoms with Gasteiger partial charge >= 0.3 is 0 Å². The second-order valence-electron chi connectivity index (χ2n) is 6.27. The largest absolute Gasteiger partial charge is 0.383 e. The highest BCUT2D eigenvalue weighted by Gasteiger charge is 2.40. The number of β-amino-alcohol motifs (C(OH)–C–C–N with tert-alkyl or cyclic N) is 1. The first kappa shape index (κ1) is 15.7.